The fourth-order valence-corrected chi connectivity index (χ4v) is 5.29. The summed E-state index contributed by atoms with van der Waals surface area (Å²) < 4.78 is 10.9. The van der Waals surface area contributed by atoms with Gasteiger partial charge in [0.2, 0.25) is 0 Å². The molecule has 3 aromatic carbocycles. The average molecular weight is 338 g/mol. The Hall–Kier alpha value is -1.85. The molecule has 3 aromatic rings. The topological polar surface area (TPSA) is 40.1 Å². The Kier molecular flexibility index (Phi) is 5.31. The van der Waals surface area contributed by atoms with Crippen LogP contribution in [0.15, 0.2) is 84.9 Å². The molecule has 0 heterocycles. The Balaban J connectivity index is 2.00. The van der Waals surface area contributed by atoms with E-state index in [2.05, 4.69) is 60.7 Å². The Bertz CT molecular complexity index is 732. The van der Waals surface area contributed by atoms with Crippen molar-refractivity contribution in [2.45, 2.75) is 6.16 Å². The van der Waals surface area contributed by atoms with Crippen LogP contribution in [0.1, 0.15) is 5.56 Å². The molecule has 0 radical (unpaired) electrons. The summed E-state index contributed by atoms with van der Waals surface area (Å²) in [5, 5.41) is 3.80. The highest BCUT2D eigenvalue weighted by Crippen LogP contribution is 2.32. The van der Waals surface area contributed by atoms with Crippen LogP contribution in [0.3, 0.4) is 0 Å². The van der Waals surface area contributed by atoms with Crippen molar-refractivity contribution in [3.8, 4) is 0 Å². The number of hydrogen-bond acceptors (Lipinski definition) is 2. The molecule has 0 bridgehead atoms. The fourth-order valence-electron chi connectivity index (χ4n) is 2.50. The molecule has 1 atom stereocenters. The van der Waals surface area contributed by atoms with E-state index in [9.17, 15) is 9.46 Å². The number of benzene rings is 3. The van der Waals surface area contributed by atoms with Crippen LogP contribution in [0.25, 0.3) is 0 Å². The first-order valence-electron chi connectivity index (χ1n) is 7.35. The molecule has 1 unspecified atom stereocenters. The van der Waals surface area contributed by atoms with Crippen molar-refractivity contribution in [3.05, 3.63) is 90.5 Å². The zero-order valence-electron chi connectivity index (χ0n) is 12.5. The first-order chi connectivity index (χ1) is 11.2. The summed E-state index contributed by atoms with van der Waals surface area (Å²) in [6.45, 7) is 0. The van der Waals surface area contributed by atoms with Gasteiger partial charge in [0, 0.05) is 0 Å². The van der Waals surface area contributed by atoms with Gasteiger partial charge in [-0.2, -0.15) is 0 Å². The maximum atomic E-state index is 10.9. The third-order valence-electron chi connectivity index (χ3n) is 3.53. The summed E-state index contributed by atoms with van der Waals surface area (Å²) in [6.07, 6.45) is 0.101. The zero-order valence-corrected chi connectivity index (χ0v) is 14.3. The third-order valence-corrected chi connectivity index (χ3v) is 6.60. The van der Waals surface area contributed by atoms with Crippen molar-refractivity contribution >= 4 is 31.9 Å². The molecule has 0 spiro atoms. The normalized spacial score (nSPS) is 11.5. The van der Waals surface area contributed by atoms with Crippen molar-refractivity contribution in [1.82, 2.24) is 0 Å². The van der Waals surface area contributed by atoms with E-state index in [4.69, 9.17) is 0 Å². The van der Waals surface area contributed by atoms with Crippen LogP contribution in [0.2, 0.25) is 0 Å². The van der Waals surface area contributed by atoms with E-state index in [1.807, 2.05) is 24.3 Å². The SMILES string of the molecule is O=[P+]([O-])Cc1ccc(P(c2ccccc2)c2ccccc2)cc1. The second-order valence-corrected chi connectivity index (χ2v) is 8.37. The van der Waals surface area contributed by atoms with Crippen molar-refractivity contribution in [2.75, 3.05) is 0 Å². The molecule has 0 aromatic heterocycles. The summed E-state index contributed by atoms with van der Waals surface area (Å²) in [5.41, 5.74) is 0.834. The first-order valence-corrected chi connectivity index (χ1v) is 10.1. The summed E-state index contributed by atoms with van der Waals surface area (Å²) in [7, 11) is -3.01. The predicted octanol–water partition coefficient (Wildman–Crippen LogP) is 3.05. The van der Waals surface area contributed by atoms with Crippen LogP contribution < -0.4 is 20.8 Å². The zero-order chi connectivity index (χ0) is 16.1. The lowest BCUT2D eigenvalue weighted by molar-refractivity contribution is -0.164. The Morgan fingerprint density at radius 2 is 1.13 bits per heavy atom. The summed E-state index contributed by atoms with van der Waals surface area (Å²) in [4.78, 5) is 10.9. The Morgan fingerprint density at radius 1 is 0.696 bits per heavy atom. The average Bonchev–Trinajstić information content (AvgIpc) is 2.58. The molecule has 23 heavy (non-hydrogen) atoms. The molecule has 4 heteroatoms. The predicted molar refractivity (Wildman–Crippen MR) is 96.5 cm³/mol. The second kappa shape index (κ2) is 7.62. The van der Waals surface area contributed by atoms with E-state index in [-0.39, 0.29) is 6.16 Å². The molecule has 0 aliphatic heterocycles. The minimum Gasteiger partial charge on any atom is -0.595 e. The van der Waals surface area contributed by atoms with Gasteiger partial charge in [-0.25, -0.2) is 0 Å². The standard InChI is InChI=1S/C19H16O2P2/c20-22(21)15-16-11-13-19(14-12-16)23(17-7-3-1-4-8-17)18-9-5-2-6-10-18/h1-14H,15H2. The van der Waals surface area contributed by atoms with Crippen LogP contribution in [0.5, 0.6) is 0 Å². The monoisotopic (exact) mass is 338 g/mol. The van der Waals surface area contributed by atoms with Gasteiger partial charge in [0.25, 0.3) is 0 Å². The highest BCUT2D eigenvalue weighted by molar-refractivity contribution is 7.79. The van der Waals surface area contributed by atoms with Gasteiger partial charge in [-0.1, -0.05) is 89.5 Å². The molecular formula is C19H16O2P2. The maximum Gasteiger partial charge on any atom is 0.313 e. The quantitative estimate of drug-likeness (QED) is 0.671. The van der Waals surface area contributed by atoms with Crippen molar-refractivity contribution in [1.29, 1.82) is 0 Å². The van der Waals surface area contributed by atoms with Gasteiger partial charge < -0.3 is 4.89 Å². The van der Waals surface area contributed by atoms with Crippen molar-refractivity contribution in [3.63, 3.8) is 0 Å². The van der Waals surface area contributed by atoms with Gasteiger partial charge in [-0.3, -0.25) is 0 Å². The van der Waals surface area contributed by atoms with Crippen LogP contribution in [0.4, 0.5) is 0 Å². The van der Waals surface area contributed by atoms with Crippen molar-refractivity contribution < 1.29 is 9.46 Å². The molecular weight excluding hydrogens is 322 g/mol. The maximum absolute atomic E-state index is 10.9. The minimum absolute atomic E-state index is 0.101. The molecule has 0 saturated heterocycles. The molecule has 3 rings (SSSR count). The van der Waals surface area contributed by atoms with E-state index >= 15 is 0 Å². The summed E-state index contributed by atoms with van der Waals surface area (Å²) >= 11 is 0. The lowest BCUT2D eigenvalue weighted by Gasteiger charge is -2.19. The lowest BCUT2D eigenvalue weighted by Crippen LogP contribution is -2.20. The molecule has 2 nitrogen and oxygen atoms in total. The molecule has 0 N–H and O–H groups in total. The van der Waals surface area contributed by atoms with Gasteiger partial charge in [-0.15, -0.1) is 0 Å². The van der Waals surface area contributed by atoms with Crippen LogP contribution in [-0.2, 0) is 10.7 Å². The molecule has 0 saturated carbocycles. The second-order valence-electron chi connectivity index (χ2n) is 5.16. The van der Waals surface area contributed by atoms with Crippen LogP contribution >= 0.6 is 15.9 Å². The van der Waals surface area contributed by atoms with Crippen LogP contribution in [0, 0.1) is 0 Å². The Morgan fingerprint density at radius 3 is 1.57 bits per heavy atom. The Labute approximate surface area is 138 Å². The molecule has 0 fully saturated rings. The van der Waals surface area contributed by atoms with E-state index in [0.717, 1.165) is 5.56 Å². The van der Waals surface area contributed by atoms with Crippen LogP contribution in [-0.4, -0.2) is 0 Å². The highest BCUT2D eigenvalue weighted by Gasteiger charge is 2.16. The third kappa shape index (κ3) is 4.12. The fraction of sp³-hybridized carbons (Fsp3) is 0.0526. The molecule has 0 amide bonds. The largest absolute Gasteiger partial charge is 0.595 e. The van der Waals surface area contributed by atoms with E-state index in [0.29, 0.717) is 0 Å². The van der Waals surface area contributed by atoms with Gasteiger partial charge >= 0.3 is 8.03 Å². The molecule has 0 aliphatic carbocycles. The van der Waals surface area contributed by atoms with E-state index in [1.54, 1.807) is 0 Å². The van der Waals surface area contributed by atoms with Gasteiger partial charge in [-0.05, 0) is 29.4 Å². The summed E-state index contributed by atoms with van der Waals surface area (Å²) in [6, 6.07) is 28.8. The van der Waals surface area contributed by atoms with Gasteiger partial charge in [0.05, 0.1) is 0 Å². The van der Waals surface area contributed by atoms with Gasteiger partial charge in [0.1, 0.15) is 0 Å². The highest BCUT2D eigenvalue weighted by atomic mass is 31.1. The number of hydrogen-bond donors (Lipinski definition) is 0. The van der Waals surface area contributed by atoms with Crippen molar-refractivity contribution in [2.24, 2.45) is 0 Å². The molecule has 114 valence electrons. The summed E-state index contributed by atoms with van der Waals surface area (Å²) in [5.74, 6) is 0. The number of rotatable bonds is 5. The minimum atomic E-state index is -2.38. The van der Waals surface area contributed by atoms with Gasteiger partial charge in [0.15, 0.2) is 6.16 Å². The lowest BCUT2D eigenvalue weighted by atomic mass is 10.2. The first kappa shape index (κ1) is 16.0. The van der Waals surface area contributed by atoms with E-state index < -0.39 is 15.9 Å². The smallest absolute Gasteiger partial charge is 0.313 e. The molecule has 0 aliphatic rings. The van der Waals surface area contributed by atoms with E-state index in [1.165, 1.54) is 15.9 Å².